The first kappa shape index (κ1) is 21.1. The van der Waals surface area contributed by atoms with E-state index in [1.807, 2.05) is 26.8 Å². The fraction of sp³-hybridized carbons (Fsp3) is 0.731. The molecule has 0 aromatic carbocycles. The van der Waals surface area contributed by atoms with Crippen LogP contribution in [0.25, 0.3) is 0 Å². The van der Waals surface area contributed by atoms with Gasteiger partial charge in [-0.05, 0) is 45.6 Å². The quantitative estimate of drug-likeness (QED) is 0.455. The molecule has 8 nitrogen and oxygen atoms in total. The Morgan fingerprint density at radius 1 is 0.971 bits per heavy atom. The van der Waals surface area contributed by atoms with Crippen LogP contribution in [0.5, 0.6) is 0 Å². The van der Waals surface area contributed by atoms with Crippen LogP contribution in [0.15, 0.2) is 23.0 Å². The van der Waals surface area contributed by atoms with E-state index in [4.69, 9.17) is 23.4 Å². The zero-order valence-corrected chi connectivity index (χ0v) is 19.9. The number of cyclic esters (lactones) is 2. The van der Waals surface area contributed by atoms with Crippen LogP contribution in [0, 0.1) is 28.1 Å². The topological polar surface area (TPSA) is 105 Å². The molecule has 7 rings (SSSR count). The normalized spacial score (nSPS) is 52.4. The molecule has 4 saturated heterocycles. The van der Waals surface area contributed by atoms with Gasteiger partial charge < -0.3 is 23.4 Å². The molecule has 6 fully saturated rings. The van der Waals surface area contributed by atoms with Crippen molar-refractivity contribution in [2.24, 2.45) is 28.1 Å². The predicted octanol–water partition coefficient (Wildman–Crippen LogP) is 3.14. The van der Waals surface area contributed by atoms with Crippen molar-refractivity contribution >= 4 is 17.7 Å². The Morgan fingerprint density at radius 3 is 2.50 bits per heavy atom. The molecule has 5 heterocycles. The first-order valence-electron chi connectivity index (χ1n) is 12.3. The van der Waals surface area contributed by atoms with Gasteiger partial charge in [0.2, 0.25) is 0 Å². The number of esters is 2. The van der Waals surface area contributed by atoms with E-state index >= 15 is 0 Å². The van der Waals surface area contributed by atoms with Gasteiger partial charge in [0.05, 0.1) is 36.1 Å². The lowest BCUT2D eigenvalue weighted by Gasteiger charge is -2.65. The van der Waals surface area contributed by atoms with Gasteiger partial charge in [0.1, 0.15) is 24.1 Å². The molecule has 2 spiro atoms. The Morgan fingerprint density at radius 2 is 1.76 bits per heavy atom. The Bertz CT molecular complexity index is 1120. The van der Waals surface area contributed by atoms with E-state index in [-0.39, 0.29) is 42.7 Å². The summed E-state index contributed by atoms with van der Waals surface area (Å²) in [4.78, 5) is 39.7. The number of hydrogen-bond acceptors (Lipinski definition) is 8. The van der Waals surface area contributed by atoms with E-state index in [9.17, 15) is 14.4 Å². The van der Waals surface area contributed by atoms with Gasteiger partial charge in [-0.15, -0.1) is 0 Å². The van der Waals surface area contributed by atoms with Crippen molar-refractivity contribution in [3.63, 3.8) is 0 Å². The minimum Gasteiger partial charge on any atom is -0.472 e. The molecule has 0 radical (unpaired) electrons. The van der Waals surface area contributed by atoms with Crippen LogP contribution >= 0.6 is 0 Å². The van der Waals surface area contributed by atoms with E-state index < -0.39 is 45.6 Å². The number of hydrogen-bond donors (Lipinski definition) is 0. The Hall–Kier alpha value is -2.19. The number of epoxide rings is 1. The molecule has 8 heteroatoms. The van der Waals surface area contributed by atoms with Gasteiger partial charge in [0, 0.05) is 28.7 Å². The zero-order chi connectivity index (χ0) is 23.9. The second-order valence-corrected chi connectivity index (χ2v) is 12.2. The second kappa shape index (κ2) is 5.95. The number of fused-ring (bicyclic) bond motifs is 1. The Kier molecular flexibility index (Phi) is 3.70. The molecule has 182 valence electrons. The van der Waals surface area contributed by atoms with Crippen LogP contribution in [0.2, 0.25) is 0 Å². The molecular formula is C26H30O8. The number of ketones is 1. The van der Waals surface area contributed by atoms with Gasteiger partial charge in [-0.1, -0.05) is 6.92 Å². The third-order valence-electron chi connectivity index (χ3n) is 10.7. The molecule has 1 aromatic heterocycles. The lowest BCUT2D eigenvalue weighted by Crippen LogP contribution is -2.72. The van der Waals surface area contributed by atoms with Crippen LogP contribution in [0.1, 0.15) is 65.0 Å². The first-order chi connectivity index (χ1) is 16.0. The van der Waals surface area contributed by atoms with Crippen LogP contribution in [-0.4, -0.2) is 47.7 Å². The monoisotopic (exact) mass is 470 g/mol. The molecular weight excluding hydrogens is 440 g/mol. The summed E-state index contributed by atoms with van der Waals surface area (Å²) in [5.74, 6) is -0.780. The van der Waals surface area contributed by atoms with Gasteiger partial charge in [0.25, 0.3) is 0 Å². The Labute approximate surface area is 197 Å². The minimum absolute atomic E-state index is 0.0677. The van der Waals surface area contributed by atoms with Gasteiger partial charge >= 0.3 is 11.9 Å². The standard InChI is InChI=1S/C26H30O8/c1-22(2)15-9-16(27)24(4)14(25(15)12-31-18(28)10-17(25)33-22)5-7-23(3)19(13-6-8-30-11-13)32-21(29)20-26(23,24)34-20/h6,8,11,14-15,17,19-20H,5,7,9-10,12H2,1-4H3/t14-,15+,17?,19-,20+,23+,24+,25-,26-/m1/s1. The summed E-state index contributed by atoms with van der Waals surface area (Å²) in [5.41, 5.74) is -2.78. The fourth-order valence-electron chi connectivity index (χ4n) is 9.34. The van der Waals surface area contributed by atoms with E-state index in [1.165, 1.54) is 0 Å². The maximum absolute atomic E-state index is 14.2. The molecule has 9 atom stereocenters. The molecule has 34 heavy (non-hydrogen) atoms. The highest BCUT2D eigenvalue weighted by Crippen LogP contribution is 2.79. The summed E-state index contributed by atoms with van der Waals surface area (Å²) in [6, 6.07) is 1.81. The second-order valence-electron chi connectivity index (χ2n) is 12.2. The third kappa shape index (κ3) is 2.02. The molecule has 4 aliphatic heterocycles. The number of furan rings is 1. The van der Waals surface area contributed by atoms with Crippen molar-refractivity contribution < 1.29 is 37.7 Å². The smallest absolute Gasteiger partial charge is 0.339 e. The van der Waals surface area contributed by atoms with E-state index in [0.717, 1.165) is 12.0 Å². The van der Waals surface area contributed by atoms with E-state index in [1.54, 1.807) is 12.5 Å². The van der Waals surface area contributed by atoms with Gasteiger partial charge in [-0.2, -0.15) is 0 Å². The first-order valence-corrected chi connectivity index (χ1v) is 12.3. The summed E-state index contributed by atoms with van der Waals surface area (Å²) < 4.78 is 29.8. The lowest BCUT2D eigenvalue weighted by atomic mass is 9.37. The Balaban J connectivity index is 1.41. The molecule has 2 saturated carbocycles. The third-order valence-corrected chi connectivity index (χ3v) is 10.7. The molecule has 6 aliphatic rings. The summed E-state index contributed by atoms with van der Waals surface area (Å²) in [7, 11) is 0. The molecule has 0 bridgehead atoms. The fourth-order valence-corrected chi connectivity index (χ4v) is 9.34. The molecule has 1 aromatic rings. The maximum Gasteiger partial charge on any atom is 0.339 e. The van der Waals surface area contributed by atoms with Crippen LogP contribution < -0.4 is 0 Å². The van der Waals surface area contributed by atoms with Crippen molar-refractivity contribution in [1.29, 1.82) is 0 Å². The van der Waals surface area contributed by atoms with Gasteiger partial charge in [-0.3, -0.25) is 9.59 Å². The van der Waals surface area contributed by atoms with Gasteiger partial charge in [0.15, 0.2) is 6.10 Å². The number of ether oxygens (including phenoxy) is 4. The number of rotatable bonds is 1. The SMILES string of the molecule is CC1(C)OC2CC(=O)OC[C@@]23[C@H]1CC(=O)[C@]1(C)[C@H]3CC[C@@]2(C)[C@@H](c3ccoc3)OC(=O)[C@@H]3O[C@]321. The zero-order valence-electron chi connectivity index (χ0n) is 19.9. The predicted molar refractivity (Wildman–Crippen MR) is 114 cm³/mol. The van der Waals surface area contributed by atoms with Crippen molar-refractivity contribution in [3.05, 3.63) is 24.2 Å². The summed E-state index contributed by atoms with van der Waals surface area (Å²) >= 11 is 0. The van der Waals surface area contributed by atoms with Crippen LogP contribution in [0.4, 0.5) is 0 Å². The molecule has 0 N–H and O–H groups in total. The summed E-state index contributed by atoms with van der Waals surface area (Å²) in [5, 5.41) is 0. The van der Waals surface area contributed by atoms with Crippen molar-refractivity contribution in [2.45, 2.75) is 82.9 Å². The highest BCUT2D eigenvalue weighted by Gasteiger charge is 2.89. The van der Waals surface area contributed by atoms with Crippen LogP contribution in [0.3, 0.4) is 0 Å². The summed E-state index contributed by atoms with van der Waals surface area (Å²) in [6.07, 6.45) is 3.46. The van der Waals surface area contributed by atoms with Crippen molar-refractivity contribution in [2.75, 3.05) is 6.61 Å². The minimum atomic E-state index is -0.976. The van der Waals surface area contributed by atoms with Gasteiger partial charge in [-0.25, -0.2) is 4.79 Å². The van der Waals surface area contributed by atoms with Crippen molar-refractivity contribution in [1.82, 2.24) is 0 Å². The lowest BCUT2D eigenvalue weighted by molar-refractivity contribution is -0.225. The highest BCUT2D eigenvalue weighted by atomic mass is 16.7. The maximum atomic E-state index is 14.2. The average molecular weight is 471 g/mol. The highest BCUT2D eigenvalue weighted by molar-refractivity contribution is 5.93. The molecule has 0 amide bonds. The van der Waals surface area contributed by atoms with E-state index in [0.29, 0.717) is 12.8 Å². The molecule has 2 aliphatic carbocycles. The number of Topliss-reactive ketones (excluding diaryl/α,β-unsaturated/α-hetero) is 1. The number of carbonyl (C=O) groups excluding carboxylic acids is 3. The van der Waals surface area contributed by atoms with Crippen LogP contribution in [-0.2, 0) is 33.3 Å². The average Bonchev–Trinajstić information content (AvgIpc) is 3.26. The van der Waals surface area contributed by atoms with Crippen molar-refractivity contribution in [3.8, 4) is 0 Å². The molecule has 1 unspecified atom stereocenters. The largest absolute Gasteiger partial charge is 0.472 e. The van der Waals surface area contributed by atoms with E-state index in [2.05, 4.69) is 6.92 Å². The number of carbonyl (C=O) groups is 3. The summed E-state index contributed by atoms with van der Waals surface area (Å²) in [6.45, 7) is 8.36.